The molecular formula is C12H16O2. The van der Waals surface area contributed by atoms with E-state index in [9.17, 15) is 4.79 Å². The van der Waals surface area contributed by atoms with Gasteiger partial charge in [0.05, 0.1) is 7.11 Å². The van der Waals surface area contributed by atoms with Crippen molar-refractivity contribution >= 4 is 5.78 Å². The summed E-state index contributed by atoms with van der Waals surface area (Å²) in [4.78, 5) is 11.5. The zero-order valence-electron chi connectivity index (χ0n) is 9.18. The summed E-state index contributed by atoms with van der Waals surface area (Å²) < 4.78 is 5.23. The molecule has 2 nitrogen and oxygen atoms in total. The third-order valence-corrected chi connectivity index (χ3v) is 2.31. The van der Waals surface area contributed by atoms with Gasteiger partial charge >= 0.3 is 0 Å². The van der Waals surface area contributed by atoms with E-state index in [1.54, 1.807) is 7.11 Å². The van der Waals surface area contributed by atoms with Crippen LogP contribution in [0.15, 0.2) is 12.1 Å². The number of ketones is 1. The molecule has 0 aliphatic carbocycles. The monoisotopic (exact) mass is 192 g/mol. The van der Waals surface area contributed by atoms with E-state index >= 15 is 0 Å². The van der Waals surface area contributed by atoms with Crippen LogP contribution < -0.4 is 4.74 Å². The van der Waals surface area contributed by atoms with E-state index in [0.717, 1.165) is 22.4 Å². The molecule has 76 valence electrons. The summed E-state index contributed by atoms with van der Waals surface area (Å²) >= 11 is 0. The number of benzene rings is 1. The second kappa shape index (κ2) is 4.27. The van der Waals surface area contributed by atoms with Crippen molar-refractivity contribution < 1.29 is 9.53 Å². The summed E-state index contributed by atoms with van der Waals surface area (Å²) in [5.41, 5.74) is 2.82. The third kappa shape index (κ3) is 1.95. The fraction of sp³-hybridized carbons (Fsp3) is 0.417. The van der Waals surface area contributed by atoms with Crippen LogP contribution in [0.25, 0.3) is 0 Å². The van der Waals surface area contributed by atoms with Gasteiger partial charge in [-0.25, -0.2) is 0 Å². The van der Waals surface area contributed by atoms with Crippen LogP contribution in [0.3, 0.4) is 0 Å². The van der Waals surface area contributed by atoms with Crippen LogP contribution >= 0.6 is 0 Å². The number of carbonyl (C=O) groups is 1. The molecule has 1 aromatic carbocycles. The van der Waals surface area contributed by atoms with Crippen molar-refractivity contribution in [2.24, 2.45) is 0 Å². The van der Waals surface area contributed by atoms with Crippen LogP contribution in [-0.2, 0) is 0 Å². The summed E-state index contributed by atoms with van der Waals surface area (Å²) in [6.45, 7) is 5.79. The first-order valence-corrected chi connectivity index (χ1v) is 4.78. The third-order valence-electron chi connectivity index (χ3n) is 2.31. The normalized spacial score (nSPS) is 10.0. The summed E-state index contributed by atoms with van der Waals surface area (Å²) in [5.74, 6) is 1.05. The predicted molar refractivity (Wildman–Crippen MR) is 57.1 cm³/mol. The molecule has 0 saturated carbocycles. The molecule has 14 heavy (non-hydrogen) atoms. The fourth-order valence-electron chi connectivity index (χ4n) is 1.64. The van der Waals surface area contributed by atoms with E-state index in [4.69, 9.17) is 4.74 Å². The number of carbonyl (C=O) groups excluding carboxylic acids is 1. The number of aryl methyl sites for hydroxylation is 2. The lowest BCUT2D eigenvalue weighted by Crippen LogP contribution is -2.00. The summed E-state index contributed by atoms with van der Waals surface area (Å²) in [7, 11) is 1.65. The van der Waals surface area contributed by atoms with Crippen LogP contribution in [-0.4, -0.2) is 12.9 Å². The lowest BCUT2D eigenvalue weighted by Gasteiger charge is -2.10. The van der Waals surface area contributed by atoms with Crippen LogP contribution in [0.4, 0.5) is 0 Å². The molecule has 0 N–H and O–H groups in total. The molecular weight excluding hydrogens is 176 g/mol. The Hall–Kier alpha value is -1.31. The zero-order chi connectivity index (χ0) is 10.7. The highest BCUT2D eigenvalue weighted by atomic mass is 16.5. The first-order valence-electron chi connectivity index (χ1n) is 4.78. The Bertz CT molecular complexity index is 330. The van der Waals surface area contributed by atoms with Crippen molar-refractivity contribution in [3.63, 3.8) is 0 Å². The second-order valence-corrected chi connectivity index (χ2v) is 3.42. The van der Waals surface area contributed by atoms with Gasteiger partial charge in [-0.2, -0.15) is 0 Å². The van der Waals surface area contributed by atoms with E-state index in [-0.39, 0.29) is 5.78 Å². The van der Waals surface area contributed by atoms with Gasteiger partial charge in [-0.05, 0) is 37.1 Å². The Morgan fingerprint density at radius 1 is 1.29 bits per heavy atom. The van der Waals surface area contributed by atoms with Crippen LogP contribution in [0.2, 0.25) is 0 Å². The average molecular weight is 192 g/mol. The largest absolute Gasteiger partial charge is 0.496 e. The van der Waals surface area contributed by atoms with Gasteiger partial charge in [0.2, 0.25) is 0 Å². The Balaban J connectivity index is 3.20. The number of Topliss-reactive ketones (excluding diaryl/α,β-unsaturated/α-hetero) is 1. The molecule has 1 aromatic rings. The minimum Gasteiger partial charge on any atom is -0.496 e. The molecule has 0 radical (unpaired) electrons. The lowest BCUT2D eigenvalue weighted by molar-refractivity contribution is 0.0988. The van der Waals surface area contributed by atoms with E-state index in [0.29, 0.717) is 6.42 Å². The molecule has 2 heteroatoms. The molecule has 0 aromatic heterocycles. The molecule has 0 spiro atoms. The molecule has 1 rings (SSSR count). The second-order valence-electron chi connectivity index (χ2n) is 3.42. The molecule has 0 atom stereocenters. The molecule has 0 aliphatic rings. The quantitative estimate of drug-likeness (QED) is 0.688. The molecule has 0 saturated heterocycles. The Kier molecular flexibility index (Phi) is 3.28. The molecule has 0 amide bonds. The highest BCUT2D eigenvalue weighted by molar-refractivity contribution is 5.96. The highest BCUT2D eigenvalue weighted by Gasteiger charge is 2.09. The first-order chi connectivity index (χ1) is 6.60. The van der Waals surface area contributed by atoms with Crippen molar-refractivity contribution in [1.82, 2.24) is 0 Å². The Labute approximate surface area is 84.9 Å². The maximum Gasteiger partial charge on any atom is 0.162 e. The number of hydrogen-bond acceptors (Lipinski definition) is 2. The Morgan fingerprint density at radius 3 is 2.14 bits per heavy atom. The smallest absolute Gasteiger partial charge is 0.162 e. The number of ether oxygens (including phenoxy) is 1. The first kappa shape index (κ1) is 10.8. The lowest BCUT2D eigenvalue weighted by atomic mass is 10.0. The van der Waals surface area contributed by atoms with E-state index in [2.05, 4.69) is 0 Å². The van der Waals surface area contributed by atoms with E-state index in [1.165, 1.54) is 0 Å². The highest BCUT2D eigenvalue weighted by Crippen LogP contribution is 2.24. The van der Waals surface area contributed by atoms with Gasteiger partial charge in [-0.1, -0.05) is 6.92 Å². The molecule has 0 aliphatic heterocycles. The Morgan fingerprint density at radius 2 is 1.79 bits per heavy atom. The number of methoxy groups -OCH3 is 1. The van der Waals surface area contributed by atoms with Gasteiger partial charge in [-0.15, -0.1) is 0 Å². The van der Waals surface area contributed by atoms with Gasteiger partial charge in [0.15, 0.2) is 5.78 Å². The van der Waals surface area contributed by atoms with Crippen molar-refractivity contribution in [2.45, 2.75) is 27.2 Å². The van der Waals surface area contributed by atoms with Gasteiger partial charge in [-0.3, -0.25) is 4.79 Å². The van der Waals surface area contributed by atoms with Gasteiger partial charge in [0.25, 0.3) is 0 Å². The van der Waals surface area contributed by atoms with Crippen LogP contribution in [0, 0.1) is 13.8 Å². The van der Waals surface area contributed by atoms with Gasteiger partial charge in [0.1, 0.15) is 5.75 Å². The maximum atomic E-state index is 11.5. The molecule has 0 fully saturated rings. The predicted octanol–water partition coefficient (Wildman–Crippen LogP) is 2.90. The van der Waals surface area contributed by atoms with E-state index in [1.807, 2.05) is 32.9 Å². The molecule has 0 unspecified atom stereocenters. The number of rotatable bonds is 3. The van der Waals surface area contributed by atoms with Gasteiger partial charge in [0, 0.05) is 12.0 Å². The molecule has 0 heterocycles. The minimum atomic E-state index is 0.179. The van der Waals surface area contributed by atoms with E-state index < -0.39 is 0 Å². The van der Waals surface area contributed by atoms with Crippen molar-refractivity contribution in [2.75, 3.05) is 7.11 Å². The number of hydrogen-bond donors (Lipinski definition) is 0. The van der Waals surface area contributed by atoms with Crippen LogP contribution in [0.5, 0.6) is 5.75 Å². The van der Waals surface area contributed by atoms with Crippen molar-refractivity contribution in [3.8, 4) is 5.75 Å². The van der Waals surface area contributed by atoms with Crippen LogP contribution in [0.1, 0.15) is 34.8 Å². The SMILES string of the molecule is CCC(=O)c1cc(C)c(OC)c(C)c1. The zero-order valence-corrected chi connectivity index (χ0v) is 9.18. The maximum absolute atomic E-state index is 11.5. The van der Waals surface area contributed by atoms with Gasteiger partial charge < -0.3 is 4.74 Å². The topological polar surface area (TPSA) is 26.3 Å². The van der Waals surface area contributed by atoms with Crippen molar-refractivity contribution in [1.29, 1.82) is 0 Å². The average Bonchev–Trinajstić information content (AvgIpc) is 2.16. The summed E-state index contributed by atoms with van der Waals surface area (Å²) in [6.07, 6.45) is 0.547. The van der Waals surface area contributed by atoms with Crippen molar-refractivity contribution in [3.05, 3.63) is 28.8 Å². The fourth-order valence-corrected chi connectivity index (χ4v) is 1.64. The standard InChI is InChI=1S/C12H16O2/c1-5-11(13)10-6-8(2)12(14-4)9(3)7-10/h6-7H,5H2,1-4H3. The minimum absolute atomic E-state index is 0.179. The summed E-state index contributed by atoms with van der Waals surface area (Å²) in [5, 5.41) is 0. The molecule has 0 bridgehead atoms. The summed E-state index contributed by atoms with van der Waals surface area (Å²) in [6, 6.07) is 3.77.